The van der Waals surface area contributed by atoms with Gasteiger partial charge in [0.2, 0.25) is 10.0 Å². The minimum Gasteiger partial charge on any atom is -0.392 e. The van der Waals surface area contributed by atoms with Gasteiger partial charge in [0.15, 0.2) is 0 Å². The van der Waals surface area contributed by atoms with Crippen molar-refractivity contribution in [3.05, 3.63) is 29.6 Å². The molecule has 0 heterocycles. The third-order valence-corrected chi connectivity index (χ3v) is 5.06. The Hall–Kier alpha value is -1.02. The predicted octanol–water partition coefficient (Wildman–Crippen LogP) is 1.33. The summed E-state index contributed by atoms with van der Waals surface area (Å²) in [6.07, 6.45) is 0.973. The molecule has 5 nitrogen and oxygen atoms in total. The molecule has 0 radical (unpaired) electrons. The maximum absolute atomic E-state index is 13.8. The van der Waals surface area contributed by atoms with Crippen LogP contribution in [0.4, 0.5) is 4.39 Å². The highest BCUT2D eigenvalue weighted by Crippen LogP contribution is 2.16. The highest BCUT2D eigenvalue weighted by molar-refractivity contribution is 7.89. The van der Waals surface area contributed by atoms with Crippen LogP contribution in [0.25, 0.3) is 0 Å². The van der Waals surface area contributed by atoms with Crippen molar-refractivity contribution in [2.75, 3.05) is 20.1 Å². The largest absolute Gasteiger partial charge is 0.392 e. The van der Waals surface area contributed by atoms with Gasteiger partial charge in [-0.3, -0.25) is 0 Å². The fourth-order valence-electron chi connectivity index (χ4n) is 1.83. The second-order valence-corrected chi connectivity index (χ2v) is 6.79. The van der Waals surface area contributed by atoms with Crippen molar-refractivity contribution in [2.24, 2.45) is 0 Å². The number of hydrogen-bond donors (Lipinski definition) is 2. The second kappa shape index (κ2) is 7.84. The summed E-state index contributed by atoms with van der Waals surface area (Å²) >= 11 is 0. The Labute approximate surface area is 125 Å². The number of sulfonamides is 1. The lowest BCUT2D eigenvalue weighted by Crippen LogP contribution is -2.37. The van der Waals surface area contributed by atoms with Crippen molar-refractivity contribution in [1.82, 2.24) is 9.62 Å². The molecule has 0 saturated carbocycles. The highest BCUT2D eigenvalue weighted by Gasteiger charge is 2.19. The van der Waals surface area contributed by atoms with Crippen molar-refractivity contribution in [2.45, 2.75) is 37.8 Å². The number of halogens is 1. The minimum absolute atomic E-state index is 0.213. The molecule has 21 heavy (non-hydrogen) atoms. The summed E-state index contributed by atoms with van der Waals surface area (Å²) in [4.78, 5) is 1.64. The van der Waals surface area contributed by atoms with E-state index in [9.17, 15) is 12.8 Å². The zero-order chi connectivity index (χ0) is 16.0. The molecule has 0 aliphatic rings. The molecule has 0 bridgehead atoms. The molecule has 0 aromatic heterocycles. The van der Waals surface area contributed by atoms with Gasteiger partial charge in [0.05, 0.1) is 6.61 Å². The van der Waals surface area contributed by atoms with E-state index in [4.69, 9.17) is 5.11 Å². The first-order valence-corrected chi connectivity index (χ1v) is 8.39. The quantitative estimate of drug-likeness (QED) is 0.759. The van der Waals surface area contributed by atoms with E-state index >= 15 is 0 Å². The van der Waals surface area contributed by atoms with Gasteiger partial charge in [-0.05, 0) is 38.1 Å². The van der Waals surface area contributed by atoms with E-state index in [1.807, 2.05) is 11.9 Å². The number of hydrogen-bond acceptors (Lipinski definition) is 4. The summed E-state index contributed by atoms with van der Waals surface area (Å²) < 4.78 is 40.2. The Kier molecular flexibility index (Phi) is 6.73. The van der Waals surface area contributed by atoms with Crippen molar-refractivity contribution in [1.29, 1.82) is 0 Å². The summed E-state index contributed by atoms with van der Waals surface area (Å²) in [6.45, 7) is 4.55. The molecular formula is C14H23FN2O3S. The lowest BCUT2D eigenvalue weighted by atomic mass is 10.2. The number of likely N-dealkylation sites (N-methyl/N-ethyl adjacent to an activating group) is 1. The normalized spacial score (nSPS) is 13.6. The fourth-order valence-corrected chi connectivity index (χ4v) is 2.91. The van der Waals surface area contributed by atoms with Crippen LogP contribution < -0.4 is 4.72 Å². The highest BCUT2D eigenvalue weighted by atomic mass is 32.2. The zero-order valence-corrected chi connectivity index (χ0v) is 13.5. The molecule has 1 aromatic rings. The van der Waals surface area contributed by atoms with Gasteiger partial charge in [-0.1, -0.05) is 13.0 Å². The van der Waals surface area contributed by atoms with Crippen molar-refractivity contribution < 1.29 is 17.9 Å². The maximum Gasteiger partial charge on any atom is 0.243 e. The molecule has 1 unspecified atom stereocenters. The Balaban J connectivity index is 2.70. The Morgan fingerprint density at radius 1 is 1.43 bits per heavy atom. The molecule has 0 saturated heterocycles. The molecule has 0 aliphatic carbocycles. The standard InChI is InChI=1S/C14H23FN2O3S/c1-4-11(2)17(3)8-7-16-21(19,20)14-6-5-12(10-18)9-13(14)15/h5-6,9,11,16,18H,4,7-8,10H2,1-3H3. The van der Waals surface area contributed by atoms with Crippen LogP contribution in [0.1, 0.15) is 25.8 Å². The Morgan fingerprint density at radius 3 is 2.62 bits per heavy atom. The topological polar surface area (TPSA) is 69.6 Å². The second-order valence-electron chi connectivity index (χ2n) is 5.06. The lowest BCUT2D eigenvalue weighted by Gasteiger charge is -2.23. The van der Waals surface area contributed by atoms with Crippen LogP contribution in [-0.2, 0) is 16.6 Å². The van der Waals surface area contributed by atoms with Crippen LogP contribution >= 0.6 is 0 Å². The SMILES string of the molecule is CCC(C)N(C)CCNS(=O)(=O)c1ccc(CO)cc1F. The first-order chi connectivity index (χ1) is 9.81. The molecular weight excluding hydrogens is 295 g/mol. The maximum atomic E-state index is 13.8. The number of aliphatic hydroxyl groups is 1. The molecule has 1 atom stereocenters. The summed E-state index contributed by atoms with van der Waals surface area (Å²) in [5, 5.41) is 8.90. The third kappa shape index (κ3) is 5.03. The van der Waals surface area contributed by atoms with Crippen LogP contribution in [0.3, 0.4) is 0 Å². The summed E-state index contributed by atoms with van der Waals surface area (Å²) in [5.74, 6) is -0.857. The van der Waals surface area contributed by atoms with E-state index in [2.05, 4.69) is 18.6 Å². The molecule has 0 aliphatic heterocycles. The summed E-state index contributed by atoms with van der Waals surface area (Å²) in [5.41, 5.74) is 0.336. The molecule has 2 N–H and O–H groups in total. The van der Waals surface area contributed by atoms with E-state index in [0.29, 0.717) is 18.2 Å². The molecule has 120 valence electrons. The van der Waals surface area contributed by atoms with Crippen LogP contribution in [0, 0.1) is 5.82 Å². The number of rotatable bonds is 8. The van der Waals surface area contributed by atoms with E-state index in [1.165, 1.54) is 12.1 Å². The van der Waals surface area contributed by atoms with Gasteiger partial charge in [-0.15, -0.1) is 0 Å². The van der Waals surface area contributed by atoms with Gasteiger partial charge in [0.25, 0.3) is 0 Å². The molecule has 1 rings (SSSR count). The Bertz CT molecular complexity index is 563. The van der Waals surface area contributed by atoms with Crippen molar-refractivity contribution in [3.63, 3.8) is 0 Å². The lowest BCUT2D eigenvalue weighted by molar-refractivity contribution is 0.256. The van der Waals surface area contributed by atoms with Crippen LogP contribution in [0.2, 0.25) is 0 Å². The zero-order valence-electron chi connectivity index (χ0n) is 12.6. The third-order valence-electron chi connectivity index (χ3n) is 3.57. The summed E-state index contributed by atoms with van der Waals surface area (Å²) in [7, 11) is -1.96. The van der Waals surface area contributed by atoms with Gasteiger partial charge in [0, 0.05) is 19.1 Å². The average molecular weight is 318 g/mol. The number of benzene rings is 1. The number of nitrogens with one attached hydrogen (secondary N) is 1. The molecule has 0 amide bonds. The van der Waals surface area contributed by atoms with Crippen LogP contribution in [0.15, 0.2) is 23.1 Å². The molecule has 0 spiro atoms. The molecule has 0 fully saturated rings. The number of aliphatic hydroxyl groups excluding tert-OH is 1. The van der Waals surface area contributed by atoms with Crippen molar-refractivity contribution in [3.8, 4) is 0 Å². The monoisotopic (exact) mass is 318 g/mol. The number of nitrogens with zero attached hydrogens (tertiary/aromatic N) is 1. The fraction of sp³-hybridized carbons (Fsp3) is 0.571. The smallest absolute Gasteiger partial charge is 0.243 e. The van der Waals surface area contributed by atoms with E-state index in [1.54, 1.807) is 0 Å². The predicted molar refractivity (Wildman–Crippen MR) is 79.9 cm³/mol. The van der Waals surface area contributed by atoms with Crippen molar-refractivity contribution >= 4 is 10.0 Å². The van der Waals surface area contributed by atoms with E-state index < -0.39 is 20.7 Å². The van der Waals surface area contributed by atoms with Gasteiger partial charge in [-0.25, -0.2) is 17.5 Å². The van der Waals surface area contributed by atoms with Crippen LogP contribution in [0.5, 0.6) is 0 Å². The van der Waals surface area contributed by atoms with Gasteiger partial charge in [0.1, 0.15) is 10.7 Å². The van der Waals surface area contributed by atoms with Gasteiger partial charge >= 0.3 is 0 Å². The first kappa shape index (κ1) is 18.0. The van der Waals surface area contributed by atoms with E-state index in [0.717, 1.165) is 12.5 Å². The summed E-state index contributed by atoms with van der Waals surface area (Å²) in [6, 6.07) is 3.94. The van der Waals surface area contributed by atoms with Crippen LogP contribution in [-0.4, -0.2) is 44.6 Å². The average Bonchev–Trinajstić information content (AvgIpc) is 2.45. The minimum atomic E-state index is -3.88. The molecule has 1 aromatic carbocycles. The van der Waals surface area contributed by atoms with Gasteiger partial charge < -0.3 is 10.0 Å². The van der Waals surface area contributed by atoms with Gasteiger partial charge in [-0.2, -0.15) is 0 Å². The molecule has 7 heteroatoms. The van der Waals surface area contributed by atoms with E-state index in [-0.39, 0.29) is 13.2 Å². The first-order valence-electron chi connectivity index (χ1n) is 6.91. The Morgan fingerprint density at radius 2 is 2.10 bits per heavy atom.